The van der Waals surface area contributed by atoms with E-state index in [1.807, 2.05) is 0 Å². The zero-order valence-electron chi connectivity index (χ0n) is 12.7. The highest BCUT2D eigenvalue weighted by Crippen LogP contribution is 2.23. The minimum atomic E-state index is -0.391. The highest BCUT2D eigenvalue weighted by atomic mass is 79.9. The third-order valence-corrected chi connectivity index (χ3v) is 4.65. The van der Waals surface area contributed by atoms with E-state index in [-0.39, 0.29) is 11.8 Å². The van der Waals surface area contributed by atoms with Crippen molar-refractivity contribution in [3.63, 3.8) is 0 Å². The summed E-state index contributed by atoms with van der Waals surface area (Å²) in [5, 5.41) is 13.0. The predicted molar refractivity (Wildman–Crippen MR) is 87.2 cm³/mol. The molecule has 1 saturated heterocycles. The minimum absolute atomic E-state index is 0.176. The lowest BCUT2D eigenvalue weighted by molar-refractivity contribution is 0.00528. The van der Waals surface area contributed by atoms with Crippen LogP contribution < -0.4 is 10.1 Å². The highest BCUT2D eigenvalue weighted by molar-refractivity contribution is 9.10. The molecular formula is C16H22BrNO4. The number of aliphatic hydroxyl groups is 1. The van der Waals surface area contributed by atoms with Crippen molar-refractivity contribution in [2.75, 3.05) is 26.9 Å². The fourth-order valence-corrected chi connectivity index (χ4v) is 3.00. The number of carbonyl (C=O) groups excluding carboxylic acids is 1. The lowest BCUT2D eigenvalue weighted by Crippen LogP contribution is -2.32. The Morgan fingerprint density at radius 3 is 2.91 bits per heavy atom. The minimum Gasteiger partial charge on any atom is -0.497 e. The summed E-state index contributed by atoms with van der Waals surface area (Å²) in [6.45, 7) is 1.87. The molecule has 5 nitrogen and oxygen atoms in total. The number of methoxy groups -OCH3 is 1. The summed E-state index contributed by atoms with van der Waals surface area (Å²) < 4.78 is 11.1. The van der Waals surface area contributed by atoms with Crippen molar-refractivity contribution in [1.29, 1.82) is 0 Å². The SMILES string of the molecule is COc1ccc(Br)c(C(=O)NCC[C@H](O)C2CCOCC2)c1. The van der Waals surface area contributed by atoms with Gasteiger partial charge in [0.2, 0.25) is 0 Å². The first-order valence-electron chi connectivity index (χ1n) is 7.49. The van der Waals surface area contributed by atoms with Gasteiger partial charge in [0.15, 0.2) is 0 Å². The van der Waals surface area contributed by atoms with Crippen LogP contribution in [0.5, 0.6) is 5.75 Å². The van der Waals surface area contributed by atoms with Crippen LogP contribution in [-0.2, 0) is 4.74 Å². The average molecular weight is 372 g/mol. The molecule has 1 atom stereocenters. The van der Waals surface area contributed by atoms with Crippen LogP contribution in [-0.4, -0.2) is 44.0 Å². The van der Waals surface area contributed by atoms with Gasteiger partial charge in [-0.3, -0.25) is 4.79 Å². The van der Waals surface area contributed by atoms with Crippen LogP contribution in [0.15, 0.2) is 22.7 Å². The highest BCUT2D eigenvalue weighted by Gasteiger charge is 2.22. The third kappa shape index (κ3) is 4.69. The molecule has 1 aliphatic rings. The van der Waals surface area contributed by atoms with Crippen molar-refractivity contribution in [3.05, 3.63) is 28.2 Å². The maximum Gasteiger partial charge on any atom is 0.252 e. The molecule has 1 heterocycles. The van der Waals surface area contributed by atoms with Crippen LogP contribution in [0, 0.1) is 5.92 Å². The van der Waals surface area contributed by atoms with Gasteiger partial charge in [-0.15, -0.1) is 0 Å². The maximum absolute atomic E-state index is 12.2. The topological polar surface area (TPSA) is 67.8 Å². The van der Waals surface area contributed by atoms with Crippen LogP contribution in [0.25, 0.3) is 0 Å². The molecule has 122 valence electrons. The first-order chi connectivity index (χ1) is 10.6. The smallest absolute Gasteiger partial charge is 0.252 e. The van der Waals surface area contributed by atoms with Crippen molar-refractivity contribution in [2.24, 2.45) is 5.92 Å². The van der Waals surface area contributed by atoms with Gasteiger partial charge in [0.1, 0.15) is 5.75 Å². The van der Waals surface area contributed by atoms with E-state index in [2.05, 4.69) is 21.2 Å². The zero-order valence-corrected chi connectivity index (χ0v) is 14.3. The van der Waals surface area contributed by atoms with Gasteiger partial charge >= 0.3 is 0 Å². The number of amides is 1. The molecule has 0 saturated carbocycles. The third-order valence-electron chi connectivity index (χ3n) is 3.95. The lowest BCUT2D eigenvalue weighted by atomic mass is 9.92. The average Bonchev–Trinajstić information content (AvgIpc) is 2.55. The van der Waals surface area contributed by atoms with E-state index >= 15 is 0 Å². The first-order valence-corrected chi connectivity index (χ1v) is 8.28. The molecule has 0 bridgehead atoms. The van der Waals surface area contributed by atoms with Crippen molar-refractivity contribution < 1.29 is 19.4 Å². The van der Waals surface area contributed by atoms with Crippen molar-refractivity contribution >= 4 is 21.8 Å². The van der Waals surface area contributed by atoms with Crippen LogP contribution >= 0.6 is 15.9 Å². The quantitative estimate of drug-likeness (QED) is 0.805. The summed E-state index contributed by atoms with van der Waals surface area (Å²) >= 11 is 3.36. The number of nitrogens with one attached hydrogen (secondary N) is 1. The Kier molecular flexibility index (Phi) is 6.67. The van der Waals surface area contributed by atoms with Gasteiger partial charge in [-0.25, -0.2) is 0 Å². The van der Waals surface area contributed by atoms with Gasteiger partial charge in [-0.05, 0) is 59.3 Å². The van der Waals surface area contributed by atoms with Crippen molar-refractivity contribution in [1.82, 2.24) is 5.32 Å². The van der Waals surface area contributed by atoms with E-state index in [0.717, 1.165) is 17.3 Å². The van der Waals surface area contributed by atoms with E-state index in [1.165, 1.54) is 0 Å². The molecule has 2 N–H and O–H groups in total. The molecule has 0 radical (unpaired) electrons. The van der Waals surface area contributed by atoms with E-state index in [1.54, 1.807) is 25.3 Å². The second-order valence-corrected chi connectivity index (χ2v) is 6.26. The van der Waals surface area contributed by atoms with Crippen LogP contribution in [0.3, 0.4) is 0 Å². The summed E-state index contributed by atoms with van der Waals surface area (Å²) in [6, 6.07) is 5.26. The van der Waals surface area contributed by atoms with Crippen molar-refractivity contribution in [2.45, 2.75) is 25.4 Å². The van der Waals surface area contributed by atoms with E-state index in [9.17, 15) is 9.90 Å². The van der Waals surface area contributed by atoms with Gasteiger partial charge in [0.05, 0.1) is 18.8 Å². The molecule has 0 unspecified atom stereocenters. The summed E-state index contributed by atoms with van der Waals surface area (Å²) in [4.78, 5) is 12.2. The second-order valence-electron chi connectivity index (χ2n) is 5.41. The lowest BCUT2D eigenvalue weighted by Gasteiger charge is -2.26. The molecular weight excluding hydrogens is 350 g/mol. The molecule has 0 spiro atoms. The second kappa shape index (κ2) is 8.50. The number of hydrogen-bond acceptors (Lipinski definition) is 4. The zero-order chi connectivity index (χ0) is 15.9. The van der Waals surface area contributed by atoms with Gasteiger partial charge in [-0.1, -0.05) is 0 Å². The van der Waals surface area contributed by atoms with Gasteiger partial charge in [0, 0.05) is 24.2 Å². The van der Waals surface area contributed by atoms with Crippen LogP contribution in [0.2, 0.25) is 0 Å². The molecule has 6 heteroatoms. The summed E-state index contributed by atoms with van der Waals surface area (Å²) in [5.74, 6) is 0.731. The number of halogens is 1. The Hall–Kier alpha value is -1.11. The maximum atomic E-state index is 12.2. The summed E-state index contributed by atoms with van der Waals surface area (Å²) in [7, 11) is 1.56. The van der Waals surface area contributed by atoms with Crippen molar-refractivity contribution in [3.8, 4) is 5.75 Å². The van der Waals surface area contributed by atoms with Crippen LogP contribution in [0.1, 0.15) is 29.6 Å². The number of rotatable bonds is 6. The molecule has 1 fully saturated rings. The predicted octanol–water partition coefficient (Wildman–Crippen LogP) is 2.37. The fourth-order valence-electron chi connectivity index (χ4n) is 2.57. The molecule has 0 aliphatic carbocycles. The Morgan fingerprint density at radius 1 is 1.50 bits per heavy atom. The van der Waals surface area contributed by atoms with E-state index in [4.69, 9.17) is 9.47 Å². The van der Waals surface area contributed by atoms with E-state index < -0.39 is 6.10 Å². The molecule has 1 aliphatic heterocycles. The molecule has 1 aromatic rings. The number of ether oxygens (including phenoxy) is 2. The van der Waals surface area contributed by atoms with Gasteiger partial charge in [-0.2, -0.15) is 0 Å². The number of benzene rings is 1. The Bertz CT molecular complexity index is 503. The largest absolute Gasteiger partial charge is 0.497 e. The Labute approximate surface area is 139 Å². The monoisotopic (exact) mass is 371 g/mol. The normalized spacial score (nSPS) is 17.0. The number of carbonyl (C=O) groups is 1. The molecule has 2 rings (SSSR count). The summed E-state index contributed by atoms with van der Waals surface area (Å²) in [6.07, 6.45) is 1.93. The molecule has 0 aromatic heterocycles. The summed E-state index contributed by atoms with van der Waals surface area (Å²) in [5.41, 5.74) is 0.528. The number of aliphatic hydroxyl groups excluding tert-OH is 1. The van der Waals surface area contributed by atoms with Crippen LogP contribution in [0.4, 0.5) is 0 Å². The molecule has 22 heavy (non-hydrogen) atoms. The van der Waals surface area contributed by atoms with E-state index in [0.29, 0.717) is 37.5 Å². The molecule has 1 aromatic carbocycles. The van der Waals surface area contributed by atoms with Gasteiger partial charge in [0.25, 0.3) is 5.91 Å². The fraction of sp³-hybridized carbons (Fsp3) is 0.562. The number of hydrogen-bond donors (Lipinski definition) is 2. The first kappa shape index (κ1) is 17.2. The standard InChI is InChI=1S/C16H22BrNO4/c1-21-12-2-3-14(17)13(10-12)16(20)18-7-4-15(19)11-5-8-22-9-6-11/h2-3,10-11,15,19H,4-9H2,1H3,(H,18,20)/t15-/m0/s1. The Balaban J connectivity index is 1.82. The van der Waals surface area contributed by atoms with Gasteiger partial charge < -0.3 is 19.9 Å². The Morgan fingerprint density at radius 2 is 2.23 bits per heavy atom. The molecule has 1 amide bonds.